The third-order valence-electron chi connectivity index (χ3n) is 2.56. The van der Waals surface area contributed by atoms with Gasteiger partial charge in [-0.2, -0.15) is 0 Å². The number of hydrogen-bond acceptors (Lipinski definition) is 4. The molecule has 0 heterocycles. The zero-order chi connectivity index (χ0) is 15.1. The molecule has 0 radical (unpaired) electrons. The molecule has 20 heavy (non-hydrogen) atoms. The Morgan fingerprint density at radius 2 is 2.00 bits per heavy atom. The predicted molar refractivity (Wildman–Crippen MR) is 71.6 cm³/mol. The van der Waals surface area contributed by atoms with E-state index >= 15 is 0 Å². The minimum atomic E-state index is -1.40. The highest BCUT2D eigenvalue weighted by atomic mass is 19.1. The molecule has 0 fully saturated rings. The van der Waals surface area contributed by atoms with E-state index in [1.165, 1.54) is 24.3 Å². The third kappa shape index (κ3) is 4.72. The van der Waals surface area contributed by atoms with Gasteiger partial charge in [-0.05, 0) is 37.6 Å². The molecule has 0 amide bonds. The lowest BCUT2D eigenvalue weighted by atomic mass is 10.2. The predicted octanol–water partition coefficient (Wildman–Crippen LogP) is 2.55. The molecule has 6 heteroatoms. The Labute approximate surface area is 116 Å². The minimum Gasteiger partial charge on any atom is -0.477 e. The quantitative estimate of drug-likeness (QED) is 0.363. The monoisotopic (exact) mass is 281 g/mol. The van der Waals surface area contributed by atoms with Gasteiger partial charge in [0.05, 0.1) is 6.10 Å². The average molecular weight is 281 g/mol. The van der Waals surface area contributed by atoms with E-state index in [1.807, 2.05) is 6.92 Å². The highest BCUT2D eigenvalue weighted by molar-refractivity contribution is 6.13. The lowest BCUT2D eigenvalue weighted by Gasteiger charge is -2.11. The molecule has 0 bridgehead atoms. The van der Waals surface area contributed by atoms with Gasteiger partial charge in [-0.1, -0.05) is 6.92 Å². The second kappa shape index (κ2) is 7.28. The summed E-state index contributed by atoms with van der Waals surface area (Å²) < 4.78 is 17.7. The third-order valence-corrected chi connectivity index (χ3v) is 2.56. The summed E-state index contributed by atoms with van der Waals surface area (Å²) in [4.78, 5) is 22.7. The van der Waals surface area contributed by atoms with E-state index in [0.717, 1.165) is 6.20 Å². The molecule has 0 saturated carbocycles. The SMILES string of the molecule is CCC(C)OC(=O)C(=CNc1ccc(F)cc1)C(=O)O. The molecule has 1 aromatic carbocycles. The molecule has 1 rings (SSSR count). The summed E-state index contributed by atoms with van der Waals surface area (Å²) in [6.07, 6.45) is 1.25. The lowest BCUT2D eigenvalue weighted by molar-refractivity contribution is -0.147. The molecule has 1 aromatic rings. The number of carboxylic acid groups (broad SMARTS) is 1. The number of rotatable bonds is 6. The standard InChI is InChI=1S/C14H16FNO4/c1-3-9(2)20-14(19)12(13(17)18)8-16-11-6-4-10(15)5-7-11/h4-9,16H,3H2,1-2H3,(H,17,18). The van der Waals surface area contributed by atoms with Gasteiger partial charge in [-0.3, -0.25) is 0 Å². The normalized spacial score (nSPS) is 12.7. The van der Waals surface area contributed by atoms with Gasteiger partial charge in [0.25, 0.3) is 0 Å². The number of esters is 1. The van der Waals surface area contributed by atoms with Crippen LogP contribution in [0.5, 0.6) is 0 Å². The fourth-order valence-electron chi connectivity index (χ4n) is 1.24. The van der Waals surface area contributed by atoms with Crippen molar-refractivity contribution in [1.29, 1.82) is 0 Å². The van der Waals surface area contributed by atoms with Crippen LogP contribution in [0, 0.1) is 5.82 Å². The van der Waals surface area contributed by atoms with Crippen LogP contribution in [0.25, 0.3) is 0 Å². The van der Waals surface area contributed by atoms with Gasteiger partial charge in [-0.25, -0.2) is 14.0 Å². The smallest absolute Gasteiger partial charge is 0.347 e. The highest BCUT2D eigenvalue weighted by Gasteiger charge is 2.20. The molecule has 0 spiro atoms. The van der Waals surface area contributed by atoms with Crippen LogP contribution in [0.1, 0.15) is 20.3 Å². The Kier molecular flexibility index (Phi) is 5.71. The molecule has 2 N–H and O–H groups in total. The van der Waals surface area contributed by atoms with Crippen LogP contribution < -0.4 is 5.32 Å². The van der Waals surface area contributed by atoms with Gasteiger partial charge in [0.2, 0.25) is 0 Å². The van der Waals surface area contributed by atoms with E-state index < -0.39 is 23.3 Å². The summed E-state index contributed by atoms with van der Waals surface area (Å²) >= 11 is 0. The Hall–Kier alpha value is -2.37. The van der Waals surface area contributed by atoms with Crippen LogP contribution in [0.4, 0.5) is 10.1 Å². The van der Waals surface area contributed by atoms with Crippen molar-refractivity contribution in [2.45, 2.75) is 26.4 Å². The lowest BCUT2D eigenvalue weighted by Crippen LogP contribution is -2.21. The fourth-order valence-corrected chi connectivity index (χ4v) is 1.24. The van der Waals surface area contributed by atoms with E-state index in [2.05, 4.69) is 5.32 Å². The summed E-state index contributed by atoms with van der Waals surface area (Å²) in [5, 5.41) is 11.6. The first-order valence-electron chi connectivity index (χ1n) is 6.10. The van der Waals surface area contributed by atoms with Crippen molar-refractivity contribution in [3.8, 4) is 0 Å². The maximum atomic E-state index is 12.7. The summed E-state index contributed by atoms with van der Waals surface area (Å²) in [6, 6.07) is 5.28. The van der Waals surface area contributed by atoms with E-state index in [4.69, 9.17) is 9.84 Å². The minimum absolute atomic E-state index is 0.365. The first-order chi connectivity index (χ1) is 9.43. The molecule has 0 aliphatic rings. The fraction of sp³-hybridized carbons (Fsp3) is 0.286. The van der Waals surface area contributed by atoms with Crippen molar-refractivity contribution in [3.05, 3.63) is 41.9 Å². The van der Waals surface area contributed by atoms with E-state index in [0.29, 0.717) is 12.1 Å². The first kappa shape index (κ1) is 15.7. The van der Waals surface area contributed by atoms with Gasteiger partial charge >= 0.3 is 11.9 Å². The molecule has 0 aliphatic heterocycles. The Morgan fingerprint density at radius 3 is 2.50 bits per heavy atom. The van der Waals surface area contributed by atoms with Crippen molar-refractivity contribution in [2.24, 2.45) is 0 Å². The zero-order valence-corrected chi connectivity index (χ0v) is 11.2. The number of carbonyl (C=O) groups is 2. The number of ether oxygens (including phenoxy) is 1. The molecule has 1 unspecified atom stereocenters. The van der Waals surface area contributed by atoms with Crippen molar-refractivity contribution < 1.29 is 23.8 Å². The van der Waals surface area contributed by atoms with Gasteiger partial charge < -0.3 is 15.2 Å². The number of halogens is 1. The Morgan fingerprint density at radius 1 is 1.40 bits per heavy atom. The molecule has 0 aliphatic carbocycles. The topological polar surface area (TPSA) is 75.6 Å². The summed E-state index contributed by atoms with van der Waals surface area (Å²) in [5.74, 6) is -2.72. The number of anilines is 1. The van der Waals surface area contributed by atoms with Gasteiger partial charge in [-0.15, -0.1) is 0 Å². The number of carboxylic acids is 1. The summed E-state index contributed by atoms with van der Waals surface area (Å²) in [7, 11) is 0. The second-order valence-corrected chi connectivity index (χ2v) is 4.14. The van der Waals surface area contributed by atoms with E-state index in [1.54, 1.807) is 6.92 Å². The second-order valence-electron chi connectivity index (χ2n) is 4.14. The molecular weight excluding hydrogens is 265 g/mol. The van der Waals surface area contributed by atoms with Crippen molar-refractivity contribution in [1.82, 2.24) is 0 Å². The Balaban J connectivity index is 2.80. The van der Waals surface area contributed by atoms with Gasteiger partial charge in [0.1, 0.15) is 5.82 Å². The molecule has 5 nitrogen and oxygen atoms in total. The number of aliphatic carboxylic acids is 1. The number of benzene rings is 1. The maximum Gasteiger partial charge on any atom is 0.347 e. The molecule has 108 valence electrons. The summed E-state index contributed by atoms with van der Waals surface area (Å²) in [6.45, 7) is 3.49. The van der Waals surface area contributed by atoms with Crippen molar-refractivity contribution in [3.63, 3.8) is 0 Å². The van der Waals surface area contributed by atoms with Crippen LogP contribution >= 0.6 is 0 Å². The van der Waals surface area contributed by atoms with Gasteiger partial charge in [0.15, 0.2) is 5.57 Å². The van der Waals surface area contributed by atoms with Crippen LogP contribution in [0.3, 0.4) is 0 Å². The zero-order valence-electron chi connectivity index (χ0n) is 11.2. The largest absolute Gasteiger partial charge is 0.477 e. The van der Waals surface area contributed by atoms with Crippen LogP contribution in [0.15, 0.2) is 36.0 Å². The van der Waals surface area contributed by atoms with Crippen molar-refractivity contribution >= 4 is 17.6 Å². The maximum absolute atomic E-state index is 12.7. The van der Waals surface area contributed by atoms with Crippen LogP contribution in [0.2, 0.25) is 0 Å². The molecule has 0 aromatic heterocycles. The van der Waals surface area contributed by atoms with Crippen LogP contribution in [-0.2, 0) is 14.3 Å². The molecular formula is C14H16FNO4. The summed E-state index contributed by atoms with van der Waals surface area (Å²) in [5.41, 5.74) is -0.0592. The highest BCUT2D eigenvalue weighted by Crippen LogP contribution is 2.10. The molecule has 1 atom stereocenters. The number of nitrogens with one attached hydrogen (secondary N) is 1. The average Bonchev–Trinajstić information content (AvgIpc) is 2.40. The van der Waals surface area contributed by atoms with Crippen molar-refractivity contribution in [2.75, 3.05) is 5.32 Å². The Bertz CT molecular complexity index is 510. The van der Waals surface area contributed by atoms with Gasteiger partial charge in [0, 0.05) is 11.9 Å². The van der Waals surface area contributed by atoms with E-state index in [-0.39, 0.29) is 6.10 Å². The number of hydrogen-bond donors (Lipinski definition) is 2. The molecule has 0 saturated heterocycles. The first-order valence-corrected chi connectivity index (χ1v) is 6.10. The number of carbonyl (C=O) groups excluding carboxylic acids is 1. The van der Waals surface area contributed by atoms with Crippen LogP contribution in [-0.4, -0.2) is 23.1 Å². The van der Waals surface area contributed by atoms with E-state index in [9.17, 15) is 14.0 Å².